The molecule has 1 aromatic carbocycles. The van der Waals surface area contributed by atoms with Crippen molar-refractivity contribution in [2.45, 2.75) is 90.2 Å². The van der Waals surface area contributed by atoms with Crippen LogP contribution in [0, 0.1) is 0 Å². The molecule has 2 heterocycles. The molecule has 33 heavy (non-hydrogen) atoms. The summed E-state index contributed by atoms with van der Waals surface area (Å²) in [5.41, 5.74) is 0.429. The minimum absolute atomic E-state index is 0.159. The zero-order valence-corrected chi connectivity index (χ0v) is 21.8. The molecule has 2 unspecified atom stereocenters. The number of amides is 1. The molecule has 2 fully saturated rings. The van der Waals surface area contributed by atoms with Gasteiger partial charge in [0.2, 0.25) is 10.0 Å². The SMILES string of the molecule is CC(c1ccc(B2OC(C)(C)C(C)(C)O2)cc1)N1CCC(CC(C)(C)NS(C)(=O)=O)OC1=O. The Morgan fingerprint density at radius 3 is 2.18 bits per heavy atom. The highest BCUT2D eigenvalue weighted by molar-refractivity contribution is 7.88. The average Bonchev–Trinajstić information content (AvgIpc) is 2.86. The van der Waals surface area contributed by atoms with Crippen molar-refractivity contribution in [1.29, 1.82) is 0 Å². The standard InChI is InChI=1S/C23H37BN2O6S/c1-16(17-9-11-18(12-10-17)24-31-22(4,5)23(6,7)32-24)26-14-13-19(30-20(26)27)15-21(2,3)25-33(8,28)29/h9-12,16,19,25H,13-15H2,1-8H3. The van der Waals surface area contributed by atoms with Gasteiger partial charge in [-0.15, -0.1) is 0 Å². The lowest BCUT2D eigenvalue weighted by Gasteiger charge is -2.38. The minimum atomic E-state index is -3.35. The molecule has 10 heteroatoms. The number of hydrogen-bond acceptors (Lipinski definition) is 6. The molecule has 2 aliphatic rings. The van der Waals surface area contributed by atoms with Crippen molar-refractivity contribution in [3.05, 3.63) is 29.8 Å². The van der Waals surface area contributed by atoms with E-state index in [1.807, 2.05) is 58.9 Å². The normalized spacial score (nSPS) is 24.0. The summed E-state index contributed by atoms with van der Waals surface area (Å²) < 4.78 is 43.6. The van der Waals surface area contributed by atoms with E-state index in [0.717, 1.165) is 17.3 Å². The van der Waals surface area contributed by atoms with E-state index in [0.29, 0.717) is 19.4 Å². The maximum absolute atomic E-state index is 12.7. The van der Waals surface area contributed by atoms with Crippen LogP contribution >= 0.6 is 0 Å². The number of benzene rings is 1. The van der Waals surface area contributed by atoms with Crippen molar-refractivity contribution >= 4 is 28.7 Å². The molecule has 0 aromatic heterocycles. The number of carbonyl (C=O) groups is 1. The third-order valence-corrected chi connectivity index (χ3v) is 7.73. The van der Waals surface area contributed by atoms with E-state index in [-0.39, 0.29) is 18.2 Å². The first-order valence-corrected chi connectivity index (χ1v) is 13.3. The molecule has 2 saturated heterocycles. The molecular formula is C23H37BN2O6S. The van der Waals surface area contributed by atoms with Crippen molar-refractivity contribution in [2.75, 3.05) is 12.8 Å². The Morgan fingerprint density at radius 1 is 1.15 bits per heavy atom. The molecule has 0 saturated carbocycles. The van der Waals surface area contributed by atoms with E-state index in [2.05, 4.69) is 4.72 Å². The lowest BCUT2D eigenvalue weighted by molar-refractivity contribution is 0.00228. The molecule has 1 amide bonds. The molecule has 184 valence electrons. The highest BCUT2D eigenvalue weighted by Gasteiger charge is 2.51. The summed E-state index contributed by atoms with van der Waals surface area (Å²) in [6.07, 6.45) is 1.46. The van der Waals surface area contributed by atoms with E-state index < -0.39 is 33.9 Å². The molecule has 0 spiro atoms. The lowest BCUT2D eigenvalue weighted by atomic mass is 9.78. The van der Waals surface area contributed by atoms with E-state index in [9.17, 15) is 13.2 Å². The van der Waals surface area contributed by atoms with Crippen LogP contribution in [-0.2, 0) is 24.1 Å². The quantitative estimate of drug-likeness (QED) is 0.604. The fourth-order valence-corrected chi connectivity index (χ4v) is 5.43. The summed E-state index contributed by atoms with van der Waals surface area (Å²) >= 11 is 0. The Morgan fingerprint density at radius 2 is 1.70 bits per heavy atom. The van der Waals surface area contributed by atoms with Gasteiger partial charge in [-0.1, -0.05) is 24.3 Å². The Bertz CT molecular complexity index is 961. The van der Waals surface area contributed by atoms with Crippen LogP contribution < -0.4 is 10.2 Å². The van der Waals surface area contributed by atoms with Crippen LogP contribution in [-0.4, -0.2) is 62.2 Å². The monoisotopic (exact) mass is 480 g/mol. The Hall–Kier alpha value is -1.62. The van der Waals surface area contributed by atoms with Crippen molar-refractivity contribution < 1.29 is 27.3 Å². The maximum atomic E-state index is 12.7. The van der Waals surface area contributed by atoms with Crippen LogP contribution in [0.5, 0.6) is 0 Å². The van der Waals surface area contributed by atoms with E-state index in [1.54, 1.807) is 18.7 Å². The van der Waals surface area contributed by atoms with Crippen LogP contribution in [0.2, 0.25) is 0 Å². The fraction of sp³-hybridized carbons (Fsp3) is 0.696. The third-order valence-electron chi connectivity index (χ3n) is 6.81. The summed E-state index contributed by atoms with van der Waals surface area (Å²) in [6.45, 7) is 14.2. The summed E-state index contributed by atoms with van der Waals surface area (Å²) in [5, 5.41) is 0. The summed E-state index contributed by atoms with van der Waals surface area (Å²) in [4.78, 5) is 14.4. The molecule has 3 rings (SSSR count). The third kappa shape index (κ3) is 6.09. The molecule has 8 nitrogen and oxygen atoms in total. The molecule has 1 aromatic rings. The number of sulfonamides is 1. The van der Waals surface area contributed by atoms with Crippen molar-refractivity contribution in [3.8, 4) is 0 Å². The average molecular weight is 480 g/mol. The Balaban J connectivity index is 1.61. The summed E-state index contributed by atoms with van der Waals surface area (Å²) in [6, 6.07) is 7.78. The second-order valence-corrected chi connectivity index (χ2v) is 12.6. The van der Waals surface area contributed by atoms with Gasteiger partial charge in [0.1, 0.15) is 6.10 Å². The van der Waals surface area contributed by atoms with Gasteiger partial charge in [0.05, 0.1) is 23.5 Å². The lowest BCUT2D eigenvalue weighted by Crippen LogP contribution is -2.49. The van der Waals surface area contributed by atoms with E-state index >= 15 is 0 Å². The molecule has 0 bridgehead atoms. The highest BCUT2D eigenvalue weighted by atomic mass is 32.2. The predicted octanol–water partition coefficient (Wildman–Crippen LogP) is 2.98. The summed E-state index contributed by atoms with van der Waals surface area (Å²) in [7, 11) is -3.77. The van der Waals surface area contributed by atoms with Crippen molar-refractivity contribution in [2.24, 2.45) is 0 Å². The number of cyclic esters (lactones) is 1. The maximum Gasteiger partial charge on any atom is 0.494 e. The van der Waals surface area contributed by atoms with Crippen LogP contribution in [0.4, 0.5) is 4.79 Å². The van der Waals surface area contributed by atoms with Gasteiger partial charge < -0.3 is 18.9 Å². The molecule has 1 N–H and O–H groups in total. The molecule has 2 atom stereocenters. The smallest absolute Gasteiger partial charge is 0.446 e. The topological polar surface area (TPSA) is 94.2 Å². The van der Waals surface area contributed by atoms with Gasteiger partial charge in [-0.05, 0) is 59.5 Å². The van der Waals surface area contributed by atoms with Gasteiger partial charge in [0.15, 0.2) is 0 Å². The number of ether oxygens (including phenoxy) is 1. The van der Waals surface area contributed by atoms with Gasteiger partial charge >= 0.3 is 13.2 Å². The molecule has 2 aliphatic heterocycles. The summed E-state index contributed by atoms with van der Waals surface area (Å²) in [5.74, 6) is 0. The Labute approximate surface area is 198 Å². The molecule has 0 aliphatic carbocycles. The fourth-order valence-electron chi connectivity index (χ4n) is 4.34. The van der Waals surface area contributed by atoms with Crippen molar-refractivity contribution in [3.63, 3.8) is 0 Å². The van der Waals surface area contributed by atoms with Crippen LogP contribution in [0.15, 0.2) is 24.3 Å². The second-order valence-electron chi connectivity index (χ2n) is 10.9. The van der Waals surface area contributed by atoms with Crippen LogP contribution in [0.1, 0.15) is 72.9 Å². The molecular weight excluding hydrogens is 443 g/mol. The van der Waals surface area contributed by atoms with Crippen molar-refractivity contribution in [1.82, 2.24) is 9.62 Å². The van der Waals surface area contributed by atoms with Crippen LogP contribution in [0.25, 0.3) is 0 Å². The number of rotatable bonds is 7. The van der Waals surface area contributed by atoms with Crippen LogP contribution in [0.3, 0.4) is 0 Å². The number of nitrogens with one attached hydrogen (secondary N) is 1. The van der Waals surface area contributed by atoms with E-state index in [1.165, 1.54) is 0 Å². The van der Waals surface area contributed by atoms with Gasteiger partial charge in [0, 0.05) is 24.9 Å². The van der Waals surface area contributed by atoms with Gasteiger partial charge in [-0.2, -0.15) is 0 Å². The number of hydrogen-bond donors (Lipinski definition) is 1. The number of nitrogens with zero attached hydrogens (tertiary/aromatic N) is 1. The first kappa shape index (κ1) is 26.0. The number of carbonyl (C=O) groups excluding carboxylic acids is 1. The largest absolute Gasteiger partial charge is 0.494 e. The first-order valence-electron chi connectivity index (χ1n) is 11.4. The van der Waals surface area contributed by atoms with Gasteiger partial charge in [-0.25, -0.2) is 17.9 Å². The predicted molar refractivity (Wildman–Crippen MR) is 129 cm³/mol. The second kappa shape index (κ2) is 8.87. The van der Waals surface area contributed by atoms with Gasteiger partial charge in [0.25, 0.3) is 0 Å². The first-order chi connectivity index (χ1) is 15.0. The zero-order valence-electron chi connectivity index (χ0n) is 21.0. The van der Waals surface area contributed by atoms with Gasteiger partial charge in [-0.3, -0.25) is 0 Å². The highest BCUT2D eigenvalue weighted by Crippen LogP contribution is 2.36. The Kier molecular flexibility index (Phi) is 6.99. The zero-order chi connectivity index (χ0) is 24.8. The van der Waals surface area contributed by atoms with E-state index in [4.69, 9.17) is 14.0 Å². The minimum Gasteiger partial charge on any atom is -0.446 e. The molecule has 0 radical (unpaired) electrons.